The van der Waals surface area contributed by atoms with Crippen molar-refractivity contribution < 1.29 is 4.79 Å². The van der Waals surface area contributed by atoms with E-state index in [1.54, 1.807) is 4.90 Å². The van der Waals surface area contributed by atoms with E-state index in [0.717, 1.165) is 19.4 Å². The van der Waals surface area contributed by atoms with Gasteiger partial charge in [0, 0.05) is 12.6 Å². The molecule has 1 saturated heterocycles. The summed E-state index contributed by atoms with van der Waals surface area (Å²) in [6.45, 7) is 8.69. The Balaban J connectivity index is 2.71. The number of carbonyl (C=O) groups is 1. The fourth-order valence-corrected chi connectivity index (χ4v) is 2.39. The summed E-state index contributed by atoms with van der Waals surface area (Å²) in [4.78, 5) is 13.4. The summed E-state index contributed by atoms with van der Waals surface area (Å²) < 4.78 is 0. The lowest BCUT2D eigenvalue weighted by molar-refractivity contribution is -0.130. The van der Waals surface area contributed by atoms with E-state index >= 15 is 0 Å². The Morgan fingerprint density at radius 1 is 1.69 bits per heavy atom. The van der Waals surface area contributed by atoms with Crippen LogP contribution >= 0.6 is 0 Å². The summed E-state index contributed by atoms with van der Waals surface area (Å²) >= 11 is 0. The average molecular weight is 220 g/mol. The number of nitrogens with zero attached hydrogens (tertiary/aromatic N) is 2. The molecule has 3 nitrogen and oxygen atoms in total. The average Bonchev–Trinajstić information content (AvgIpc) is 2.28. The molecule has 0 spiro atoms. The van der Waals surface area contributed by atoms with Crippen molar-refractivity contribution in [2.45, 2.75) is 39.2 Å². The lowest BCUT2D eigenvalue weighted by atomic mass is 9.82. The minimum Gasteiger partial charge on any atom is -0.335 e. The fraction of sp³-hybridized carbons (Fsp3) is 0.692. The van der Waals surface area contributed by atoms with Gasteiger partial charge in [-0.15, -0.1) is 0 Å². The molecule has 1 amide bonds. The van der Waals surface area contributed by atoms with Crippen LogP contribution in [0.3, 0.4) is 0 Å². The van der Waals surface area contributed by atoms with Gasteiger partial charge < -0.3 is 4.90 Å². The normalized spacial score (nSPS) is 25.2. The van der Waals surface area contributed by atoms with Crippen LogP contribution in [0.15, 0.2) is 12.7 Å². The molecule has 0 saturated carbocycles. The van der Waals surface area contributed by atoms with Gasteiger partial charge in [0.15, 0.2) is 0 Å². The van der Waals surface area contributed by atoms with Gasteiger partial charge in [0.05, 0.1) is 12.5 Å². The number of hydrogen-bond acceptors (Lipinski definition) is 2. The molecule has 0 aromatic rings. The molecule has 16 heavy (non-hydrogen) atoms. The number of carbonyl (C=O) groups excluding carboxylic acids is 1. The standard InChI is InChI=1S/C13H20N2O/c1-4-13(16)15-8-6-11(10(2)3)9-12(15)5-7-14/h4,10-12H,1,5-6,8-9H2,2-3H3. The second-order valence-electron chi connectivity index (χ2n) is 4.78. The SMILES string of the molecule is C=CC(=O)N1CCC(C(C)C)CC1CC#N. The molecular formula is C13H20N2O. The number of amides is 1. The first kappa shape index (κ1) is 12.8. The Morgan fingerprint density at radius 3 is 2.88 bits per heavy atom. The Labute approximate surface area is 97.7 Å². The van der Waals surface area contributed by atoms with Crippen molar-refractivity contribution in [3.63, 3.8) is 0 Å². The zero-order valence-electron chi connectivity index (χ0n) is 10.1. The van der Waals surface area contributed by atoms with E-state index in [4.69, 9.17) is 5.26 Å². The number of nitriles is 1. The van der Waals surface area contributed by atoms with Crippen molar-refractivity contribution in [1.29, 1.82) is 5.26 Å². The summed E-state index contributed by atoms with van der Waals surface area (Å²) in [5, 5.41) is 8.80. The molecule has 1 heterocycles. The van der Waals surface area contributed by atoms with E-state index in [1.807, 2.05) is 0 Å². The van der Waals surface area contributed by atoms with E-state index in [2.05, 4.69) is 26.5 Å². The number of likely N-dealkylation sites (tertiary alicyclic amines) is 1. The Morgan fingerprint density at radius 2 is 2.38 bits per heavy atom. The molecule has 0 radical (unpaired) electrons. The predicted octanol–water partition coefficient (Wildman–Crippen LogP) is 2.35. The lowest BCUT2D eigenvalue weighted by Crippen LogP contribution is -2.46. The van der Waals surface area contributed by atoms with E-state index in [-0.39, 0.29) is 11.9 Å². The summed E-state index contributed by atoms with van der Waals surface area (Å²) in [5.74, 6) is 1.22. The van der Waals surface area contributed by atoms with Crippen molar-refractivity contribution >= 4 is 5.91 Å². The minimum atomic E-state index is -0.0394. The highest BCUT2D eigenvalue weighted by atomic mass is 16.2. The summed E-state index contributed by atoms with van der Waals surface area (Å²) in [6.07, 6.45) is 3.77. The van der Waals surface area contributed by atoms with Gasteiger partial charge in [-0.3, -0.25) is 4.79 Å². The van der Waals surface area contributed by atoms with Crippen LogP contribution in [-0.2, 0) is 4.79 Å². The Bertz CT molecular complexity index is 304. The Kier molecular flexibility index (Phi) is 4.54. The number of hydrogen-bond donors (Lipinski definition) is 0. The van der Waals surface area contributed by atoms with Crippen LogP contribution in [0.25, 0.3) is 0 Å². The van der Waals surface area contributed by atoms with Crippen LogP contribution in [0.4, 0.5) is 0 Å². The largest absolute Gasteiger partial charge is 0.335 e. The second kappa shape index (κ2) is 5.69. The fourth-order valence-electron chi connectivity index (χ4n) is 2.39. The molecule has 0 aliphatic carbocycles. The summed E-state index contributed by atoms with van der Waals surface area (Å²) in [6, 6.07) is 2.26. The van der Waals surface area contributed by atoms with Crippen LogP contribution in [0.2, 0.25) is 0 Å². The first-order chi connectivity index (χ1) is 7.60. The molecule has 2 unspecified atom stereocenters. The van der Waals surface area contributed by atoms with Gasteiger partial charge in [-0.05, 0) is 30.8 Å². The highest BCUT2D eigenvalue weighted by molar-refractivity contribution is 5.87. The summed E-state index contributed by atoms with van der Waals surface area (Å²) in [7, 11) is 0. The van der Waals surface area contributed by atoms with Gasteiger partial charge in [0.2, 0.25) is 5.91 Å². The van der Waals surface area contributed by atoms with Crippen LogP contribution in [-0.4, -0.2) is 23.4 Å². The van der Waals surface area contributed by atoms with Crippen molar-refractivity contribution in [2.75, 3.05) is 6.54 Å². The van der Waals surface area contributed by atoms with Gasteiger partial charge in [-0.1, -0.05) is 20.4 Å². The van der Waals surface area contributed by atoms with E-state index < -0.39 is 0 Å². The van der Waals surface area contributed by atoms with E-state index in [1.165, 1.54) is 6.08 Å². The van der Waals surface area contributed by atoms with Crippen molar-refractivity contribution in [2.24, 2.45) is 11.8 Å². The third-order valence-electron chi connectivity index (χ3n) is 3.48. The topological polar surface area (TPSA) is 44.1 Å². The van der Waals surface area contributed by atoms with Gasteiger partial charge in [0.25, 0.3) is 0 Å². The maximum absolute atomic E-state index is 11.6. The monoisotopic (exact) mass is 220 g/mol. The molecule has 2 atom stereocenters. The van der Waals surface area contributed by atoms with Gasteiger partial charge in [0.1, 0.15) is 0 Å². The first-order valence-electron chi connectivity index (χ1n) is 5.90. The zero-order chi connectivity index (χ0) is 12.1. The number of rotatable bonds is 3. The molecule has 0 N–H and O–H groups in total. The minimum absolute atomic E-state index is 0.0394. The zero-order valence-corrected chi connectivity index (χ0v) is 10.1. The van der Waals surface area contributed by atoms with Crippen molar-refractivity contribution in [3.8, 4) is 6.07 Å². The lowest BCUT2D eigenvalue weighted by Gasteiger charge is -2.39. The molecular weight excluding hydrogens is 200 g/mol. The molecule has 0 aromatic carbocycles. The quantitative estimate of drug-likeness (QED) is 0.685. The van der Waals surface area contributed by atoms with Gasteiger partial charge in [-0.25, -0.2) is 0 Å². The number of piperidine rings is 1. The molecule has 1 fully saturated rings. The van der Waals surface area contributed by atoms with Crippen LogP contribution in [0.1, 0.15) is 33.1 Å². The van der Waals surface area contributed by atoms with E-state index in [0.29, 0.717) is 18.3 Å². The molecule has 88 valence electrons. The molecule has 0 bridgehead atoms. The van der Waals surface area contributed by atoms with Crippen molar-refractivity contribution in [3.05, 3.63) is 12.7 Å². The first-order valence-corrected chi connectivity index (χ1v) is 5.90. The third kappa shape index (κ3) is 2.85. The molecule has 1 aliphatic heterocycles. The predicted molar refractivity (Wildman–Crippen MR) is 63.5 cm³/mol. The smallest absolute Gasteiger partial charge is 0.246 e. The maximum atomic E-state index is 11.6. The molecule has 0 aromatic heterocycles. The molecule has 3 heteroatoms. The van der Waals surface area contributed by atoms with E-state index in [9.17, 15) is 4.79 Å². The van der Waals surface area contributed by atoms with Crippen LogP contribution in [0, 0.1) is 23.2 Å². The van der Waals surface area contributed by atoms with Gasteiger partial charge >= 0.3 is 0 Å². The summed E-state index contributed by atoms with van der Waals surface area (Å²) in [5.41, 5.74) is 0. The van der Waals surface area contributed by atoms with Crippen LogP contribution in [0.5, 0.6) is 0 Å². The third-order valence-corrected chi connectivity index (χ3v) is 3.48. The molecule has 1 rings (SSSR count). The Hall–Kier alpha value is -1.30. The van der Waals surface area contributed by atoms with Gasteiger partial charge in [-0.2, -0.15) is 5.26 Å². The molecule has 1 aliphatic rings. The van der Waals surface area contributed by atoms with Crippen molar-refractivity contribution in [1.82, 2.24) is 4.90 Å². The highest BCUT2D eigenvalue weighted by Crippen LogP contribution is 2.30. The maximum Gasteiger partial charge on any atom is 0.246 e. The highest BCUT2D eigenvalue weighted by Gasteiger charge is 2.31. The van der Waals surface area contributed by atoms with Crippen LogP contribution < -0.4 is 0 Å². The second-order valence-corrected chi connectivity index (χ2v) is 4.78.